The van der Waals surface area contributed by atoms with Crippen LogP contribution >= 0.6 is 11.8 Å². The summed E-state index contributed by atoms with van der Waals surface area (Å²) in [5.41, 5.74) is 3.97. The maximum absolute atomic E-state index is 12.3. The van der Waals surface area contributed by atoms with E-state index < -0.39 is 0 Å². The summed E-state index contributed by atoms with van der Waals surface area (Å²) in [7, 11) is 3.87. The van der Waals surface area contributed by atoms with Crippen molar-refractivity contribution in [1.29, 1.82) is 0 Å². The van der Waals surface area contributed by atoms with Crippen molar-refractivity contribution < 1.29 is 9.53 Å². The van der Waals surface area contributed by atoms with E-state index in [0.717, 1.165) is 35.7 Å². The van der Waals surface area contributed by atoms with Crippen molar-refractivity contribution >= 4 is 17.7 Å². The van der Waals surface area contributed by atoms with Gasteiger partial charge >= 0.3 is 0 Å². The molecule has 0 unspecified atom stereocenters. The Morgan fingerprint density at radius 3 is 2.38 bits per heavy atom. The Labute approximate surface area is 211 Å². The number of hydrogen-bond donors (Lipinski definition) is 1. The molecule has 5 nitrogen and oxygen atoms in total. The van der Waals surface area contributed by atoms with E-state index in [-0.39, 0.29) is 5.91 Å². The van der Waals surface area contributed by atoms with E-state index in [1.54, 1.807) is 6.20 Å². The van der Waals surface area contributed by atoms with Gasteiger partial charge in [-0.15, -0.1) is 11.8 Å². The van der Waals surface area contributed by atoms with Crippen molar-refractivity contribution in [2.24, 2.45) is 0 Å². The van der Waals surface area contributed by atoms with Crippen LogP contribution in [0.25, 0.3) is 0 Å². The Morgan fingerprint density at radius 2 is 1.79 bits per heavy atom. The lowest BCUT2D eigenvalue weighted by Gasteiger charge is -2.19. The number of methoxy groups -OCH3 is 1. The summed E-state index contributed by atoms with van der Waals surface area (Å²) in [6, 6.07) is 10.3. The second kappa shape index (κ2) is 15.9. The van der Waals surface area contributed by atoms with Gasteiger partial charge in [0.2, 0.25) is 0 Å². The quantitative estimate of drug-likeness (QED) is 0.477. The molecule has 2 aromatic rings. The zero-order chi connectivity index (χ0) is 24.8. The highest BCUT2D eigenvalue weighted by Crippen LogP contribution is 2.21. The summed E-state index contributed by atoms with van der Waals surface area (Å²) in [6.45, 7) is 8.65. The number of aromatic nitrogens is 1. The maximum Gasteiger partial charge on any atom is 0.253 e. The van der Waals surface area contributed by atoms with Gasteiger partial charge in [0.15, 0.2) is 0 Å². The minimum absolute atomic E-state index is 0.0677. The molecule has 1 N–H and O–H groups in total. The van der Waals surface area contributed by atoms with Crippen LogP contribution in [-0.4, -0.2) is 41.8 Å². The Hall–Kier alpha value is -1.89. The van der Waals surface area contributed by atoms with Crippen LogP contribution < -0.4 is 5.32 Å². The summed E-state index contributed by atoms with van der Waals surface area (Å²) in [5, 5.41) is 2.97. The first-order valence-corrected chi connectivity index (χ1v) is 13.7. The Balaban J connectivity index is 0.000000309. The van der Waals surface area contributed by atoms with Crippen LogP contribution in [0.1, 0.15) is 86.5 Å². The smallest absolute Gasteiger partial charge is 0.253 e. The SMILES string of the molecule is CCC.CCSc1ccc(CNC(=O)c2cnc3c(c2)CN(C)C3)cc1.COC1CCCCC1. The number of pyridine rings is 1. The molecule has 4 rings (SSSR count). The third-order valence-electron chi connectivity index (χ3n) is 5.75. The predicted octanol–water partition coefficient (Wildman–Crippen LogP) is 6.45. The molecule has 0 radical (unpaired) electrons. The molecule has 2 heterocycles. The second-order valence-corrected chi connectivity index (χ2v) is 10.3. The van der Waals surface area contributed by atoms with E-state index in [0.29, 0.717) is 18.2 Å². The van der Waals surface area contributed by atoms with E-state index in [2.05, 4.69) is 67.3 Å². The number of nitrogens with zero attached hydrogens (tertiary/aromatic N) is 2. The number of ether oxygens (including phenoxy) is 1. The molecule has 1 amide bonds. The normalized spacial score (nSPS) is 15.4. The first-order valence-electron chi connectivity index (χ1n) is 12.7. The first-order chi connectivity index (χ1) is 16.5. The molecule has 1 aromatic heterocycles. The molecule has 6 heteroatoms. The molecule has 1 aromatic carbocycles. The molecule has 0 saturated heterocycles. The van der Waals surface area contributed by atoms with Crippen LogP contribution in [0.5, 0.6) is 0 Å². The van der Waals surface area contributed by atoms with Crippen molar-refractivity contribution in [2.75, 3.05) is 19.9 Å². The van der Waals surface area contributed by atoms with Gasteiger partial charge < -0.3 is 10.1 Å². The van der Waals surface area contributed by atoms with Gasteiger partial charge in [-0.05, 0) is 55.0 Å². The number of rotatable bonds is 6. The fraction of sp³-hybridized carbons (Fsp3) is 0.571. The molecule has 1 fully saturated rings. The van der Waals surface area contributed by atoms with Gasteiger partial charge in [-0.1, -0.05) is 58.6 Å². The van der Waals surface area contributed by atoms with Gasteiger partial charge in [0.1, 0.15) is 0 Å². The number of nitrogens with one attached hydrogen (secondary N) is 1. The number of fused-ring (bicyclic) bond motifs is 1. The fourth-order valence-corrected chi connectivity index (χ4v) is 4.66. The molecule has 2 aliphatic rings. The average molecular weight is 486 g/mol. The van der Waals surface area contributed by atoms with Crippen molar-refractivity contribution in [3.05, 3.63) is 58.9 Å². The molecule has 0 spiro atoms. The highest BCUT2D eigenvalue weighted by molar-refractivity contribution is 7.99. The number of benzene rings is 1. The number of amides is 1. The third kappa shape index (κ3) is 9.77. The van der Waals surface area contributed by atoms with Gasteiger partial charge in [-0.3, -0.25) is 14.7 Å². The maximum atomic E-state index is 12.3. The minimum atomic E-state index is -0.0677. The van der Waals surface area contributed by atoms with Crippen LogP contribution in [0.3, 0.4) is 0 Å². The largest absolute Gasteiger partial charge is 0.381 e. The van der Waals surface area contributed by atoms with Crippen molar-refractivity contribution in [3.8, 4) is 0 Å². The van der Waals surface area contributed by atoms with E-state index in [4.69, 9.17) is 4.74 Å². The van der Waals surface area contributed by atoms with Gasteiger partial charge in [0, 0.05) is 37.8 Å². The third-order valence-corrected chi connectivity index (χ3v) is 6.65. The molecular weight excluding hydrogens is 442 g/mol. The standard InChI is InChI=1S/C18H21N3OS.C7H14O.C3H8/c1-3-23-16-6-4-13(5-7-16)9-20-18(22)14-8-15-11-21(2)12-17(15)19-10-14;1-8-7-5-3-2-4-6-7;1-3-2/h4-8,10H,3,9,11-12H2,1-2H3,(H,20,22);7H,2-6H2,1H3;3H2,1-2H3. The first kappa shape index (κ1) is 28.3. The van der Waals surface area contributed by atoms with Gasteiger partial charge in [-0.25, -0.2) is 0 Å². The monoisotopic (exact) mass is 485 g/mol. The molecule has 0 atom stereocenters. The van der Waals surface area contributed by atoms with Crippen LogP contribution in [0.15, 0.2) is 41.4 Å². The lowest BCUT2D eigenvalue weighted by Crippen LogP contribution is -2.23. The molecule has 1 aliphatic carbocycles. The lowest BCUT2D eigenvalue weighted by atomic mass is 9.98. The number of thioether (sulfide) groups is 1. The highest BCUT2D eigenvalue weighted by atomic mass is 32.2. The molecule has 34 heavy (non-hydrogen) atoms. The summed E-state index contributed by atoms with van der Waals surface area (Å²) in [6.07, 6.45) is 10.3. The van der Waals surface area contributed by atoms with E-state index in [1.807, 2.05) is 24.9 Å². The molecule has 1 saturated carbocycles. The van der Waals surface area contributed by atoms with E-state index in [1.165, 1.54) is 43.4 Å². The molecular formula is C28H43N3O2S. The van der Waals surface area contributed by atoms with Crippen molar-refractivity contribution in [3.63, 3.8) is 0 Å². The van der Waals surface area contributed by atoms with Crippen LogP contribution in [-0.2, 0) is 24.4 Å². The molecule has 0 bridgehead atoms. The summed E-state index contributed by atoms with van der Waals surface area (Å²) in [5.74, 6) is 0.998. The Morgan fingerprint density at radius 1 is 1.12 bits per heavy atom. The van der Waals surface area contributed by atoms with Gasteiger partial charge in [-0.2, -0.15) is 0 Å². The van der Waals surface area contributed by atoms with Crippen LogP contribution in [0, 0.1) is 0 Å². The summed E-state index contributed by atoms with van der Waals surface area (Å²) < 4.78 is 5.19. The van der Waals surface area contributed by atoms with E-state index >= 15 is 0 Å². The number of carbonyl (C=O) groups excluding carboxylic acids is 1. The fourth-order valence-electron chi connectivity index (χ4n) is 4.00. The van der Waals surface area contributed by atoms with Crippen molar-refractivity contribution in [1.82, 2.24) is 15.2 Å². The van der Waals surface area contributed by atoms with Crippen molar-refractivity contribution in [2.45, 2.75) is 89.9 Å². The van der Waals surface area contributed by atoms with Crippen LogP contribution in [0.4, 0.5) is 0 Å². The van der Waals surface area contributed by atoms with E-state index in [9.17, 15) is 4.79 Å². The van der Waals surface area contributed by atoms with Gasteiger partial charge in [0.05, 0.1) is 17.4 Å². The minimum Gasteiger partial charge on any atom is -0.381 e. The number of carbonyl (C=O) groups is 1. The zero-order valence-electron chi connectivity index (χ0n) is 21.7. The summed E-state index contributed by atoms with van der Waals surface area (Å²) >= 11 is 1.82. The van der Waals surface area contributed by atoms with Gasteiger partial charge in [0.25, 0.3) is 5.91 Å². The number of hydrogen-bond acceptors (Lipinski definition) is 5. The topological polar surface area (TPSA) is 54.5 Å². The lowest BCUT2D eigenvalue weighted by molar-refractivity contribution is 0.0710. The Bertz CT molecular complexity index is 851. The summed E-state index contributed by atoms with van der Waals surface area (Å²) in [4.78, 5) is 20.2. The zero-order valence-corrected chi connectivity index (χ0v) is 22.5. The second-order valence-electron chi connectivity index (χ2n) is 8.96. The Kier molecular flexibility index (Phi) is 13.3. The molecule has 188 valence electrons. The molecule has 1 aliphatic heterocycles. The average Bonchev–Trinajstić information content (AvgIpc) is 3.24. The highest BCUT2D eigenvalue weighted by Gasteiger charge is 2.18. The predicted molar refractivity (Wildman–Crippen MR) is 143 cm³/mol. The van der Waals surface area contributed by atoms with Crippen LogP contribution in [0.2, 0.25) is 0 Å².